The molecule has 116 valence electrons. The number of halogens is 1. The zero-order valence-corrected chi connectivity index (χ0v) is 12.8. The number of hydrogen-bond acceptors (Lipinski definition) is 5. The summed E-state index contributed by atoms with van der Waals surface area (Å²) in [5, 5.41) is 10.7. The lowest BCUT2D eigenvalue weighted by atomic mass is 10.3. The SMILES string of the molecule is C[C@@H](Sc1nnc(C2CC2)n1N)C(=O)Nc1ccccc1F. The molecule has 0 radical (unpaired) electrons. The first-order valence-electron chi connectivity index (χ1n) is 6.98. The molecule has 0 spiro atoms. The zero-order valence-electron chi connectivity index (χ0n) is 12.0. The van der Waals surface area contributed by atoms with Crippen LogP contribution in [0.1, 0.15) is 31.5 Å². The molecule has 2 aromatic rings. The molecule has 1 aromatic heterocycles. The minimum atomic E-state index is -0.474. The van der Waals surface area contributed by atoms with Crippen LogP contribution in [-0.4, -0.2) is 26.0 Å². The van der Waals surface area contributed by atoms with Crippen LogP contribution in [0.4, 0.5) is 10.1 Å². The van der Waals surface area contributed by atoms with E-state index in [0.29, 0.717) is 11.1 Å². The molecule has 0 unspecified atom stereocenters. The number of aromatic nitrogens is 3. The predicted octanol–water partition coefficient (Wildman–Crippen LogP) is 2.13. The number of benzene rings is 1. The van der Waals surface area contributed by atoms with Crippen LogP contribution in [-0.2, 0) is 4.79 Å². The van der Waals surface area contributed by atoms with Crippen LogP contribution in [0.15, 0.2) is 29.4 Å². The molecular formula is C14H16FN5OS. The van der Waals surface area contributed by atoms with E-state index in [9.17, 15) is 9.18 Å². The Kier molecular flexibility index (Phi) is 4.02. The summed E-state index contributed by atoms with van der Waals surface area (Å²) in [7, 11) is 0. The molecule has 3 rings (SSSR count). The fourth-order valence-electron chi connectivity index (χ4n) is 2.00. The van der Waals surface area contributed by atoms with Crippen molar-refractivity contribution < 1.29 is 9.18 Å². The molecule has 22 heavy (non-hydrogen) atoms. The lowest BCUT2D eigenvalue weighted by Crippen LogP contribution is -2.24. The van der Waals surface area contributed by atoms with E-state index in [0.717, 1.165) is 18.7 Å². The summed E-state index contributed by atoms with van der Waals surface area (Å²) >= 11 is 1.20. The lowest BCUT2D eigenvalue weighted by molar-refractivity contribution is -0.115. The number of nitrogens with zero attached hydrogens (tertiary/aromatic N) is 3. The number of amides is 1. The molecule has 1 heterocycles. The van der Waals surface area contributed by atoms with Gasteiger partial charge in [-0.25, -0.2) is 9.07 Å². The van der Waals surface area contributed by atoms with E-state index in [-0.39, 0.29) is 11.6 Å². The molecule has 8 heteroatoms. The van der Waals surface area contributed by atoms with E-state index >= 15 is 0 Å². The van der Waals surface area contributed by atoms with Crippen molar-refractivity contribution in [1.29, 1.82) is 0 Å². The number of rotatable bonds is 5. The summed E-state index contributed by atoms with van der Waals surface area (Å²) < 4.78 is 15.0. The zero-order chi connectivity index (χ0) is 15.7. The Bertz CT molecular complexity index is 700. The Labute approximate surface area is 131 Å². The van der Waals surface area contributed by atoms with Crippen molar-refractivity contribution in [2.24, 2.45) is 0 Å². The number of para-hydroxylation sites is 1. The van der Waals surface area contributed by atoms with E-state index in [1.165, 1.54) is 28.6 Å². The smallest absolute Gasteiger partial charge is 0.237 e. The minimum Gasteiger partial charge on any atom is -0.336 e. The van der Waals surface area contributed by atoms with Crippen molar-refractivity contribution in [1.82, 2.24) is 14.9 Å². The molecule has 1 fully saturated rings. The van der Waals surface area contributed by atoms with Crippen LogP contribution in [0, 0.1) is 5.82 Å². The maximum absolute atomic E-state index is 13.5. The average Bonchev–Trinajstić information content (AvgIpc) is 3.27. The summed E-state index contributed by atoms with van der Waals surface area (Å²) in [6, 6.07) is 6.04. The van der Waals surface area contributed by atoms with E-state index in [1.54, 1.807) is 19.1 Å². The number of hydrogen-bond donors (Lipinski definition) is 2. The first kappa shape index (κ1) is 14.8. The number of nitrogens with two attached hydrogens (primary N) is 1. The van der Waals surface area contributed by atoms with Crippen molar-refractivity contribution in [2.75, 3.05) is 11.2 Å². The van der Waals surface area contributed by atoms with Crippen LogP contribution >= 0.6 is 11.8 Å². The van der Waals surface area contributed by atoms with Gasteiger partial charge in [0.05, 0.1) is 10.9 Å². The first-order valence-corrected chi connectivity index (χ1v) is 7.86. The van der Waals surface area contributed by atoms with Crippen molar-refractivity contribution in [3.63, 3.8) is 0 Å². The normalized spacial score (nSPS) is 15.5. The maximum atomic E-state index is 13.5. The van der Waals surface area contributed by atoms with Crippen molar-refractivity contribution in [3.05, 3.63) is 35.9 Å². The van der Waals surface area contributed by atoms with E-state index in [2.05, 4.69) is 15.5 Å². The summed E-state index contributed by atoms with van der Waals surface area (Å²) in [6.45, 7) is 1.71. The summed E-state index contributed by atoms with van der Waals surface area (Å²) in [5.74, 6) is 6.31. The molecule has 3 N–H and O–H groups in total. The van der Waals surface area contributed by atoms with Crippen molar-refractivity contribution in [3.8, 4) is 0 Å². The van der Waals surface area contributed by atoms with Gasteiger partial charge in [0.1, 0.15) is 5.82 Å². The topological polar surface area (TPSA) is 85.8 Å². The van der Waals surface area contributed by atoms with Gasteiger partial charge in [-0.15, -0.1) is 10.2 Å². The van der Waals surface area contributed by atoms with Gasteiger partial charge >= 0.3 is 0 Å². The molecule has 1 atom stereocenters. The summed E-state index contributed by atoms with van der Waals surface area (Å²) in [6.07, 6.45) is 2.15. The highest BCUT2D eigenvalue weighted by Crippen LogP contribution is 2.39. The number of nitrogens with one attached hydrogen (secondary N) is 1. The average molecular weight is 321 g/mol. The van der Waals surface area contributed by atoms with Crippen LogP contribution in [0.5, 0.6) is 0 Å². The van der Waals surface area contributed by atoms with Crippen LogP contribution < -0.4 is 11.2 Å². The fourth-order valence-corrected chi connectivity index (χ4v) is 2.77. The number of nitrogen functional groups attached to an aromatic ring is 1. The van der Waals surface area contributed by atoms with Crippen LogP contribution in [0.25, 0.3) is 0 Å². The quantitative estimate of drug-likeness (QED) is 0.651. The van der Waals surface area contributed by atoms with E-state index in [4.69, 9.17) is 5.84 Å². The second kappa shape index (κ2) is 5.96. The third kappa shape index (κ3) is 3.06. The van der Waals surface area contributed by atoms with Crippen molar-refractivity contribution in [2.45, 2.75) is 36.1 Å². The summed E-state index contributed by atoms with van der Waals surface area (Å²) in [4.78, 5) is 12.1. The van der Waals surface area contributed by atoms with Gasteiger partial charge in [-0.2, -0.15) is 0 Å². The number of carbonyl (C=O) groups is 1. The molecule has 0 saturated heterocycles. The monoisotopic (exact) mass is 321 g/mol. The number of carbonyl (C=O) groups excluding carboxylic acids is 1. The van der Waals surface area contributed by atoms with Gasteiger partial charge in [0.2, 0.25) is 11.1 Å². The van der Waals surface area contributed by atoms with Gasteiger partial charge < -0.3 is 11.2 Å². The predicted molar refractivity (Wildman–Crippen MR) is 82.5 cm³/mol. The Hall–Kier alpha value is -2.09. The molecule has 1 aliphatic carbocycles. The van der Waals surface area contributed by atoms with E-state index < -0.39 is 11.1 Å². The van der Waals surface area contributed by atoms with Gasteiger partial charge in [-0.1, -0.05) is 23.9 Å². The number of thioether (sulfide) groups is 1. The fraction of sp³-hybridized carbons (Fsp3) is 0.357. The lowest BCUT2D eigenvalue weighted by Gasteiger charge is -2.12. The highest BCUT2D eigenvalue weighted by Gasteiger charge is 2.30. The Balaban J connectivity index is 1.65. The molecule has 6 nitrogen and oxygen atoms in total. The number of anilines is 1. The first-order chi connectivity index (χ1) is 10.6. The standard InChI is InChI=1S/C14H16FN5OS/c1-8(13(21)17-11-5-3-2-4-10(11)15)22-14-19-18-12(20(14)16)9-6-7-9/h2-5,8-9H,6-7,16H2,1H3,(H,17,21)/t8-/m1/s1. The Morgan fingerprint density at radius 3 is 2.86 bits per heavy atom. The molecule has 0 aliphatic heterocycles. The van der Waals surface area contributed by atoms with Gasteiger partial charge in [0.25, 0.3) is 0 Å². The minimum absolute atomic E-state index is 0.160. The molecule has 0 bridgehead atoms. The van der Waals surface area contributed by atoms with Gasteiger partial charge in [-0.05, 0) is 31.9 Å². The molecule has 1 aromatic carbocycles. The largest absolute Gasteiger partial charge is 0.336 e. The molecule has 1 aliphatic rings. The highest BCUT2D eigenvalue weighted by atomic mass is 32.2. The second-order valence-electron chi connectivity index (χ2n) is 5.21. The Morgan fingerprint density at radius 1 is 1.45 bits per heavy atom. The van der Waals surface area contributed by atoms with Crippen LogP contribution in [0.2, 0.25) is 0 Å². The van der Waals surface area contributed by atoms with Gasteiger partial charge in [0.15, 0.2) is 5.82 Å². The van der Waals surface area contributed by atoms with Gasteiger partial charge in [-0.3, -0.25) is 4.79 Å². The third-order valence-corrected chi connectivity index (χ3v) is 4.47. The molecule has 1 amide bonds. The molecular weight excluding hydrogens is 305 g/mol. The van der Waals surface area contributed by atoms with Crippen molar-refractivity contribution >= 4 is 23.4 Å². The summed E-state index contributed by atoms with van der Waals surface area (Å²) in [5.41, 5.74) is 0.160. The third-order valence-electron chi connectivity index (χ3n) is 3.42. The Morgan fingerprint density at radius 2 is 2.18 bits per heavy atom. The van der Waals surface area contributed by atoms with Crippen LogP contribution in [0.3, 0.4) is 0 Å². The second-order valence-corrected chi connectivity index (χ2v) is 6.52. The molecule has 1 saturated carbocycles. The highest BCUT2D eigenvalue weighted by molar-refractivity contribution is 8.00. The van der Waals surface area contributed by atoms with E-state index in [1.807, 2.05) is 0 Å². The van der Waals surface area contributed by atoms with Gasteiger partial charge in [0, 0.05) is 5.92 Å². The maximum Gasteiger partial charge on any atom is 0.237 e.